The molecule has 1 aliphatic heterocycles. The molecule has 2 aromatic rings. The van der Waals surface area contributed by atoms with Gasteiger partial charge in [0.05, 0.1) is 17.0 Å². The van der Waals surface area contributed by atoms with Gasteiger partial charge in [-0.25, -0.2) is 4.21 Å². The average Bonchev–Trinajstić information content (AvgIpc) is 2.66. The first-order valence-corrected chi connectivity index (χ1v) is 7.70. The first-order valence-electron chi connectivity index (χ1n) is 6.59. The van der Waals surface area contributed by atoms with Crippen LogP contribution in [0.5, 0.6) is 0 Å². The fraction of sp³-hybridized carbons (Fsp3) is 0.250. The van der Waals surface area contributed by atoms with Gasteiger partial charge < -0.3 is 0 Å². The molecule has 3 nitrogen and oxygen atoms in total. The molecule has 4 heteroatoms. The van der Waals surface area contributed by atoms with Crippen LogP contribution in [-0.2, 0) is 28.0 Å². The van der Waals surface area contributed by atoms with Gasteiger partial charge in [0.2, 0.25) is 0 Å². The Morgan fingerprint density at radius 3 is 2.40 bits per heavy atom. The van der Waals surface area contributed by atoms with Gasteiger partial charge in [-0.1, -0.05) is 53.0 Å². The van der Waals surface area contributed by atoms with E-state index < -0.39 is 16.5 Å². The molecule has 1 aliphatic rings. The van der Waals surface area contributed by atoms with E-state index in [1.807, 2.05) is 68.4 Å². The van der Waals surface area contributed by atoms with Gasteiger partial charge in [0.25, 0.3) is 0 Å². The summed E-state index contributed by atoms with van der Waals surface area (Å²) in [5.41, 5.74) is 1.73. The van der Waals surface area contributed by atoms with E-state index >= 15 is 0 Å². The summed E-state index contributed by atoms with van der Waals surface area (Å²) in [6.45, 7) is 4.48. The first kappa shape index (κ1) is 13.5. The summed E-state index contributed by atoms with van der Waals surface area (Å²) in [5, 5.41) is 0. The third-order valence-electron chi connectivity index (χ3n) is 3.53. The van der Waals surface area contributed by atoms with Crippen LogP contribution >= 0.6 is 0 Å². The third-order valence-corrected chi connectivity index (χ3v) is 5.13. The van der Waals surface area contributed by atoms with E-state index in [1.54, 1.807) is 4.47 Å². The topological polar surface area (TPSA) is 29.5 Å². The fourth-order valence-corrected chi connectivity index (χ4v) is 3.98. The lowest BCUT2D eigenvalue weighted by Crippen LogP contribution is -2.36. The van der Waals surface area contributed by atoms with Crippen LogP contribution in [0.4, 0.5) is 0 Å². The summed E-state index contributed by atoms with van der Waals surface area (Å²) in [4.78, 5) is 6.67. The highest BCUT2D eigenvalue weighted by Gasteiger charge is 2.44. The summed E-state index contributed by atoms with van der Waals surface area (Å²) >= 11 is 0. The lowest BCUT2D eigenvalue weighted by atomic mass is 9.96. The molecule has 0 bridgehead atoms. The van der Waals surface area contributed by atoms with Crippen LogP contribution in [0.25, 0.3) is 0 Å². The molecule has 2 aromatic carbocycles. The highest BCUT2D eigenvalue weighted by Crippen LogP contribution is 2.41. The second-order valence-corrected chi connectivity index (χ2v) is 6.59. The van der Waals surface area contributed by atoms with Gasteiger partial charge in [0.1, 0.15) is 0 Å². The Bertz CT molecular complexity index is 640. The summed E-state index contributed by atoms with van der Waals surface area (Å²) in [6, 6.07) is 17.7. The van der Waals surface area contributed by atoms with E-state index in [2.05, 4.69) is 0 Å². The molecule has 20 heavy (non-hydrogen) atoms. The Hall–Kier alpha value is -1.49. The molecule has 3 rings (SSSR count). The Kier molecular flexibility index (Phi) is 3.46. The highest BCUT2D eigenvalue weighted by atomic mass is 32.2. The van der Waals surface area contributed by atoms with Crippen molar-refractivity contribution in [3.63, 3.8) is 0 Å². The van der Waals surface area contributed by atoms with Crippen LogP contribution < -0.4 is 0 Å². The Balaban J connectivity index is 1.83. The second kappa shape index (κ2) is 5.13. The minimum atomic E-state index is -1.27. The Labute approximate surface area is 121 Å². The standard InChI is InChI=1S/C16H17NO2S/c1-16(2)14-10-6-7-11-15(14)20(18)17(16)19-12-13-8-4-3-5-9-13/h3-11H,12H2,1-2H3. The van der Waals surface area contributed by atoms with E-state index in [4.69, 9.17) is 4.84 Å². The van der Waals surface area contributed by atoms with E-state index in [0.29, 0.717) is 6.61 Å². The molecule has 0 fully saturated rings. The predicted molar refractivity (Wildman–Crippen MR) is 78.9 cm³/mol. The number of benzene rings is 2. The van der Waals surface area contributed by atoms with Crippen molar-refractivity contribution in [1.82, 2.24) is 4.47 Å². The van der Waals surface area contributed by atoms with E-state index in [9.17, 15) is 4.21 Å². The van der Waals surface area contributed by atoms with Crippen LogP contribution in [-0.4, -0.2) is 8.68 Å². The van der Waals surface area contributed by atoms with Crippen molar-refractivity contribution in [3.8, 4) is 0 Å². The minimum Gasteiger partial charge on any atom is -0.280 e. The van der Waals surface area contributed by atoms with Gasteiger partial charge in [-0.2, -0.15) is 0 Å². The van der Waals surface area contributed by atoms with Crippen LogP contribution in [0.15, 0.2) is 59.5 Å². The van der Waals surface area contributed by atoms with Crippen LogP contribution in [0, 0.1) is 0 Å². The molecule has 0 saturated carbocycles. The first-order chi connectivity index (χ1) is 9.60. The molecule has 0 aromatic heterocycles. The van der Waals surface area contributed by atoms with Crippen molar-refractivity contribution in [2.45, 2.75) is 30.9 Å². The quantitative estimate of drug-likeness (QED) is 0.866. The van der Waals surface area contributed by atoms with Crippen molar-refractivity contribution in [3.05, 3.63) is 65.7 Å². The van der Waals surface area contributed by atoms with Gasteiger partial charge in [-0.15, -0.1) is 0 Å². The van der Waals surface area contributed by atoms with Gasteiger partial charge in [0, 0.05) is 0 Å². The van der Waals surface area contributed by atoms with Gasteiger partial charge in [-0.3, -0.25) is 4.84 Å². The minimum absolute atomic E-state index is 0.393. The number of fused-ring (bicyclic) bond motifs is 1. The predicted octanol–water partition coefficient (Wildman–Crippen LogP) is 3.39. The molecule has 0 N–H and O–H groups in total. The molecule has 0 spiro atoms. The molecule has 0 radical (unpaired) electrons. The van der Waals surface area contributed by atoms with Crippen LogP contribution in [0.3, 0.4) is 0 Å². The lowest BCUT2D eigenvalue weighted by Gasteiger charge is -2.29. The van der Waals surface area contributed by atoms with Crippen molar-refractivity contribution >= 4 is 11.0 Å². The largest absolute Gasteiger partial charge is 0.280 e. The zero-order chi connectivity index (χ0) is 14.2. The van der Waals surface area contributed by atoms with Crippen molar-refractivity contribution in [1.29, 1.82) is 0 Å². The number of hydrogen-bond acceptors (Lipinski definition) is 2. The SMILES string of the molecule is CC1(C)c2ccccc2S(=O)N1OCc1ccccc1. The average molecular weight is 287 g/mol. The maximum atomic E-state index is 12.5. The molecular formula is C16H17NO2S. The maximum Gasteiger partial charge on any atom is 0.152 e. The van der Waals surface area contributed by atoms with Gasteiger partial charge in [0.15, 0.2) is 11.0 Å². The number of nitrogens with zero attached hydrogens (tertiary/aromatic N) is 1. The smallest absolute Gasteiger partial charge is 0.152 e. The number of hydrogen-bond donors (Lipinski definition) is 0. The molecule has 0 amide bonds. The van der Waals surface area contributed by atoms with Crippen molar-refractivity contribution in [2.24, 2.45) is 0 Å². The van der Waals surface area contributed by atoms with Crippen molar-refractivity contribution in [2.75, 3.05) is 0 Å². The Morgan fingerprint density at radius 2 is 1.70 bits per heavy atom. The summed E-state index contributed by atoms with van der Waals surface area (Å²) in [5.74, 6) is 0. The zero-order valence-electron chi connectivity index (χ0n) is 11.6. The lowest BCUT2D eigenvalue weighted by molar-refractivity contribution is -0.146. The second-order valence-electron chi connectivity index (χ2n) is 5.32. The molecule has 1 atom stereocenters. The van der Waals surface area contributed by atoms with Gasteiger partial charge in [-0.05, 0) is 31.0 Å². The number of rotatable bonds is 3. The monoisotopic (exact) mass is 287 g/mol. The van der Waals surface area contributed by atoms with E-state index in [1.165, 1.54) is 0 Å². The molecular weight excluding hydrogens is 270 g/mol. The molecule has 0 saturated heterocycles. The summed E-state index contributed by atoms with van der Waals surface area (Å²) < 4.78 is 14.1. The van der Waals surface area contributed by atoms with Crippen LogP contribution in [0.2, 0.25) is 0 Å². The van der Waals surface area contributed by atoms with Crippen molar-refractivity contribution < 1.29 is 9.05 Å². The normalized spacial score (nSPS) is 20.8. The van der Waals surface area contributed by atoms with E-state index in [-0.39, 0.29) is 0 Å². The fourth-order valence-electron chi connectivity index (χ4n) is 2.44. The summed E-state index contributed by atoms with van der Waals surface area (Å²) in [7, 11) is -1.27. The molecule has 1 heterocycles. The maximum absolute atomic E-state index is 12.5. The molecule has 104 valence electrons. The van der Waals surface area contributed by atoms with E-state index in [0.717, 1.165) is 16.0 Å². The summed E-state index contributed by atoms with van der Waals surface area (Å²) in [6.07, 6.45) is 0. The third kappa shape index (κ3) is 2.20. The highest BCUT2D eigenvalue weighted by molar-refractivity contribution is 7.82. The van der Waals surface area contributed by atoms with Gasteiger partial charge >= 0.3 is 0 Å². The Morgan fingerprint density at radius 1 is 1.05 bits per heavy atom. The van der Waals surface area contributed by atoms with Crippen LogP contribution in [0.1, 0.15) is 25.0 Å². The molecule has 1 unspecified atom stereocenters. The number of hydroxylamine groups is 1. The molecule has 0 aliphatic carbocycles. The zero-order valence-corrected chi connectivity index (χ0v) is 12.4.